The summed E-state index contributed by atoms with van der Waals surface area (Å²) in [5, 5.41) is 0. The van der Waals surface area contributed by atoms with Crippen LogP contribution in [-0.4, -0.2) is 30.8 Å². The predicted molar refractivity (Wildman–Crippen MR) is 71.0 cm³/mol. The van der Waals surface area contributed by atoms with Crippen LogP contribution in [0.2, 0.25) is 0 Å². The zero-order chi connectivity index (χ0) is 12.1. The van der Waals surface area contributed by atoms with Crippen LogP contribution in [0.3, 0.4) is 0 Å². The number of aldehydes is 1. The van der Waals surface area contributed by atoms with Gasteiger partial charge < -0.3 is 9.69 Å². The van der Waals surface area contributed by atoms with E-state index in [1.165, 1.54) is 51.6 Å². The van der Waals surface area contributed by atoms with Crippen LogP contribution in [-0.2, 0) is 4.79 Å². The van der Waals surface area contributed by atoms with Gasteiger partial charge in [-0.1, -0.05) is 19.8 Å². The van der Waals surface area contributed by atoms with Crippen LogP contribution in [0.25, 0.3) is 0 Å². The van der Waals surface area contributed by atoms with Crippen molar-refractivity contribution in [3.8, 4) is 0 Å². The third-order valence-corrected chi connectivity index (χ3v) is 5.05. The molecule has 1 saturated heterocycles. The maximum Gasteiger partial charge on any atom is 0.120 e. The maximum absolute atomic E-state index is 10.3. The number of unbranched alkanes of at least 4 members (excludes halogenated alkanes) is 1. The fourth-order valence-corrected chi connectivity index (χ4v) is 3.52. The first-order valence-electron chi connectivity index (χ1n) is 7.40. The predicted octanol–water partition coefficient (Wildman–Crippen LogP) is 3.26. The highest BCUT2D eigenvalue weighted by atomic mass is 16.1. The van der Waals surface area contributed by atoms with Crippen LogP contribution in [0.4, 0.5) is 0 Å². The summed E-state index contributed by atoms with van der Waals surface area (Å²) in [6.07, 6.45) is 11.5. The first-order chi connectivity index (χ1) is 8.24. The van der Waals surface area contributed by atoms with Crippen molar-refractivity contribution >= 4 is 6.29 Å². The molecule has 0 amide bonds. The van der Waals surface area contributed by atoms with Crippen molar-refractivity contribution in [3.05, 3.63) is 0 Å². The van der Waals surface area contributed by atoms with Crippen LogP contribution >= 0.6 is 0 Å². The molecule has 17 heavy (non-hydrogen) atoms. The number of likely N-dealkylation sites (tertiary alicyclic amines) is 1. The molecule has 1 aliphatic heterocycles. The molecule has 0 aromatic rings. The topological polar surface area (TPSA) is 20.3 Å². The fraction of sp³-hybridized carbons (Fsp3) is 0.933. The fourth-order valence-electron chi connectivity index (χ4n) is 3.52. The van der Waals surface area contributed by atoms with Crippen molar-refractivity contribution in [1.29, 1.82) is 0 Å². The molecule has 2 fully saturated rings. The second kappa shape index (κ2) is 5.99. The Hall–Kier alpha value is -0.370. The highest BCUT2D eigenvalue weighted by Crippen LogP contribution is 2.46. The Morgan fingerprint density at radius 2 is 1.82 bits per heavy atom. The first-order valence-corrected chi connectivity index (χ1v) is 7.40. The lowest BCUT2D eigenvalue weighted by Crippen LogP contribution is -2.42. The second-order valence-corrected chi connectivity index (χ2v) is 6.33. The summed E-state index contributed by atoms with van der Waals surface area (Å²) in [7, 11) is 0. The summed E-state index contributed by atoms with van der Waals surface area (Å²) < 4.78 is 0. The molecule has 1 aliphatic carbocycles. The lowest BCUT2D eigenvalue weighted by molar-refractivity contribution is -0.108. The van der Waals surface area contributed by atoms with Crippen LogP contribution < -0.4 is 0 Å². The average Bonchev–Trinajstić information content (AvgIpc) is 2.36. The summed E-state index contributed by atoms with van der Waals surface area (Å²) in [6.45, 7) is 6.08. The minimum absolute atomic E-state index is 0.702. The lowest BCUT2D eigenvalue weighted by atomic mass is 9.66. The van der Waals surface area contributed by atoms with E-state index in [4.69, 9.17) is 0 Å². The average molecular weight is 237 g/mol. The van der Waals surface area contributed by atoms with Crippen molar-refractivity contribution in [2.24, 2.45) is 11.3 Å². The third kappa shape index (κ3) is 3.54. The van der Waals surface area contributed by atoms with E-state index in [0.717, 1.165) is 31.6 Å². The molecule has 98 valence electrons. The molecule has 0 aromatic carbocycles. The summed E-state index contributed by atoms with van der Waals surface area (Å²) in [5.74, 6) is 0.964. The zero-order valence-electron chi connectivity index (χ0n) is 11.3. The Morgan fingerprint density at radius 3 is 2.41 bits per heavy atom. The highest BCUT2D eigenvalue weighted by molar-refractivity contribution is 5.48. The Bertz CT molecular complexity index is 233. The van der Waals surface area contributed by atoms with E-state index in [1.807, 2.05) is 0 Å². The van der Waals surface area contributed by atoms with Gasteiger partial charge in [-0.25, -0.2) is 0 Å². The molecule has 0 radical (unpaired) electrons. The van der Waals surface area contributed by atoms with Crippen molar-refractivity contribution < 1.29 is 4.79 Å². The van der Waals surface area contributed by atoms with Gasteiger partial charge in [-0.05, 0) is 63.1 Å². The zero-order valence-corrected chi connectivity index (χ0v) is 11.3. The molecule has 1 saturated carbocycles. The number of nitrogens with zero attached hydrogens (tertiary/aromatic N) is 1. The number of hydrogen-bond donors (Lipinski definition) is 0. The second-order valence-electron chi connectivity index (χ2n) is 6.33. The number of piperidine rings is 1. The van der Waals surface area contributed by atoms with Gasteiger partial charge >= 0.3 is 0 Å². The van der Waals surface area contributed by atoms with Crippen molar-refractivity contribution in [1.82, 2.24) is 4.90 Å². The van der Waals surface area contributed by atoms with Gasteiger partial charge in [0.25, 0.3) is 0 Å². The smallest absolute Gasteiger partial charge is 0.120 e. The minimum atomic E-state index is 0.702. The van der Waals surface area contributed by atoms with Crippen molar-refractivity contribution in [2.45, 2.75) is 58.3 Å². The van der Waals surface area contributed by atoms with Crippen molar-refractivity contribution in [3.63, 3.8) is 0 Å². The van der Waals surface area contributed by atoms with Gasteiger partial charge in [-0.2, -0.15) is 0 Å². The lowest BCUT2D eigenvalue weighted by Gasteiger charge is -2.45. The largest absolute Gasteiger partial charge is 0.303 e. The SMILES string of the molecule is CC1CCC2(CC1)CCN(CCCC=O)CC2. The van der Waals surface area contributed by atoms with Crippen LogP contribution in [0.15, 0.2) is 0 Å². The van der Waals surface area contributed by atoms with E-state index in [0.29, 0.717) is 5.41 Å². The van der Waals surface area contributed by atoms with Gasteiger partial charge in [0.15, 0.2) is 0 Å². The number of hydrogen-bond acceptors (Lipinski definition) is 2. The van der Waals surface area contributed by atoms with Crippen LogP contribution in [0.5, 0.6) is 0 Å². The van der Waals surface area contributed by atoms with Gasteiger partial charge in [-0.15, -0.1) is 0 Å². The molecule has 1 heterocycles. The van der Waals surface area contributed by atoms with Gasteiger partial charge in [0.05, 0.1) is 0 Å². The summed E-state index contributed by atoms with van der Waals surface area (Å²) >= 11 is 0. The van der Waals surface area contributed by atoms with E-state index >= 15 is 0 Å². The summed E-state index contributed by atoms with van der Waals surface area (Å²) in [5.41, 5.74) is 0.702. The molecule has 2 heteroatoms. The van der Waals surface area contributed by atoms with Crippen molar-refractivity contribution in [2.75, 3.05) is 19.6 Å². The maximum atomic E-state index is 10.3. The molecule has 0 aromatic heterocycles. The van der Waals surface area contributed by atoms with Gasteiger partial charge in [0, 0.05) is 6.42 Å². The quantitative estimate of drug-likeness (QED) is 0.552. The Balaban J connectivity index is 1.72. The monoisotopic (exact) mass is 237 g/mol. The van der Waals surface area contributed by atoms with Crippen LogP contribution in [0.1, 0.15) is 58.3 Å². The van der Waals surface area contributed by atoms with E-state index in [1.54, 1.807) is 0 Å². The van der Waals surface area contributed by atoms with E-state index in [-0.39, 0.29) is 0 Å². The molecule has 2 aliphatic rings. The molecule has 2 rings (SSSR count). The molecule has 1 spiro atoms. The Morgan fingerprint density at radius 1 is 1.18 bits per heavy atom. The molecule has 0 N–H and O–H groups in total. The van der Waals surface area contributed by atoms with E-state index in [9.17, 15) is 4.79 Å². The Labute approximate surface area is 106 Å². The standard InChI is InChI=1S/C15H27NO/c1-14-4-6-15(7-5-14)8-11-16(12-9-15)10-2-3-13-17/h13-14H,2-12H2,1H3. The van der Waals surface area contributed by atoms with E-state index in [2.05, 4.69) is 11.8 Å². The van der Waals surface area contributed by atoms with E-state index < -0.39 is 0 Å². The minimum Gasteiger partial charge on any atom is -0.303 e. The Kier molecular flexibility index (Phi) is 4.61. The number of carbonyl (C=O) groups excluding carboxylic acids is 1. The molecule has 0 atom stereocenters. The first kappa shape index (κ1) is 13.1. The molecular formula is C15H27NO. The normalized spacial score (nSPS) is 26.2. The number of rotatable bonds is 4. The highest BCUT2D eigenvalue weighted by Gasteiger charge is 2.36. The van der Waals surface area contributed by atoms with Gasteiger partial charge in [-0.3, -0.25) is 0 Å². The van der Waals surface area contributed by atoms with Crippen LogP contribution in [0, 0.1) is 11.3 Å². The third-order valence-electron chi connectivity index (χ3n) is 5.05. The summed E-state index contributed by atoms with van der Waals surface area (Å²) in [4.78, 5) is 12.9. The van der Waals surface area contributed by atoms with Gasteiger partial charge in [0.2, 0.25) is 0 Å². The summed E-state index contributed by atoms with van der Waals surface area (Å²) in [6, 6.07) is 0. The molecule has 0 unspecified atom stereocenters. The molecule has 2 nitrogen and oxygen atoms in total. The molecule has 0 bridgehead atoms. The number of carbonyl (C=O) groups is 1. The van der Waals surface area contributed by atoms with Gasteiger partial charge in [0.1, 0.15) is 6.29 Å². The molecular weight excluding hydrogens is 210 g/mol.